The van der Waals surface area contributed by atoms with Gasteiger partial charge in [0, 0.05) is 11.8 Å². The summed E-state index contributed by atoms with van der Waals surface area (Å²) in [6, 6.07) is 16.4. The first-order valence-corrected chi connectivity index (χ1v) is 8.98. The van der Waals surface area contributed by atoms with Crippen molar-refractivity contribution < 1.29 is 4.39 Å². The maximum Gasteiger partial charge on any atom is 0.265 e. The maximum absolute atomic E-state index is 13.3. The third-order valence-corrected chi connectivity index (χ3v) is 4.98. The Balaban J connectivity index is 1.98. The number of aromatic nitrogens is 1. The molecule has 0 aliphatic carbocycles. The van der Waals surface area contributed by atoms with Gasteiger partial charge in [0.05, 0.1) is 11.0 Å². The summed E-state index contributed by atoms with van der Waals surface area (Å²) >= 11 is 3.45. The zero-order chi connectivity index (χ0) is 18.0. The van der Waals surface area contributed by atoms with Crippen molar-refractivity contribution in [2.24, 2.45) is 0 Å². The quantitative estimate of drug-likeness (QED) is 0.560. The summed E-state index contributed by atoms with van der Waals surface area (Å²) in [4.78, 5) is 12.7. The minimum atomic E-state index is -0.299. The van der Waals surface area contributed by atoms with Crippen molar-refractivity contribution in [2.75, 3.05) is 0 Å². The first-order valence-electron chi connectivity index (χ1n) is 8.19. The van der Waals surface area contributed by atoms with Gasteiger partial charge in [0.2, 0.25) is 0 Å². The van der Waals surface area contributed by atoms with Crippen LogP contribution in [0.3, 0.4) is 0 Å². The van der Waals surface area contributed by atoms with Crippen LogP contribution < -0.4 is 5.56 Å². The molecule has 0 bridgehead atoms. The molecule has 0 amide bonds. The highest BCUT2D eigenvalue weighted by molar-refractivity contribution is 9.10. The van der Waals surface area contributed by atoms with Crippen molar-refractivity contribution >= 4 is 15.9 Å². The van der Waals surface area contributed by atoms with E-state index in [1.54, 1.807) is 16.8 Å². The van der Waals surface area contributed by atoms with E-state index < -0.39 is 0 Å². The third-order valence-electron chi connectivity index (χ3n) is 4.21. The lowest BCUT2D eigenvalue weighted by Gasteiger charge is -2.12. The van der Waals surface area contributed by atoms with Gasteiger partial charge in [-0.15, -0.1) is 0 Å². The molecule has 0 N–H and O–H groups in total. The molecule has 3 aromatic rings. The van der Waals surface area contributed by atoms with Crippen LogP contribution in [-0.2, 0) is 6.54 Å². The van der Waals surface area contributed by atoms with Crippen molar-refractivity contribution in [3.63, 3.8) is 0 Å². The van der Waals surface area contributed by atoms with Gasteiger partial charge in [-0.05, 0) is 56.7 Å². The second kappa shape index (κ2) is 7.36. The highest BCUT2D eigenvalue weighted by atomic mass is 79.9. The Morgan fingerprint density at radius 1 is 1.08 bits per heavy atom. The fourth-order valence-corrected chi connectivity index (χ4v) is 3.38. The first kappa shape index (κ1) is 17.6. The average Bonchev–Trinajstić information content (AvgIpc) is 2.59. The molecule has 4 heteroatoms. The van der Waals surface area contributed by atoms with Crippen LogP contribution >= 0.6 is 15.9 Å². The molecular weight excluding hydrogens is 381 g/mol. The summed E-state index contributed by atoms with van der Waals surface area (Å²) in [6.07, 6.45) is 1.76. The molecule has 1 heterocycles. The smallest absolute Gasteiger partial charge is 0.265 e. The van der Waals surface area contributed by atoms with E-state index in [4.69, 9.17) is 0 Å². The van der Waals surface area contributed by atoms with Crippen molar-refractivity contribution in [2.45, 2.75) is 26.3 Å². The highest BCUT2D eigenvalue weighted by Gasteiger charge is 2.11. The number of halogens is 2. The predicted molar refractivity (Wildman–Crippen MR) is 103 cm³/mol. The lowest BCUT2D eigenvalue weighted by molar-refractivity contribution is 0.622. The van der Waals surface area contributed by atoms with Crippen LogP contribution in [0.4, 0.5) is 4.39 Å². The Bertz CT molecular complexity index is 962. The zero-order valence-corrected chi connectivity index (χ0v) is 15.8. The van der Waals surface area contributed by atoms with E-state index in [0.717, 1.165) is 16.7 Å². The molecule has 0 saturated carbocycles. The number of hydrogen-bond acceptors (Lipinski definition) is 1. The Morgan fingerprint density at radius 3 is 2.56 bits per heavy atom. The van der Waals surface area contributed by atoms with E-state index in [-0.39, 0.29) is 11.4 Å². The van der Waals surface area contributed by atoms with Crippen LogP contribution in [0.25, 0.3) is 11.1 Å². The van der Waals surface area contributed by atoms with Crippen molar-refractivity contribution in [1.29, 1.82) is 0 Å². The summed E-state index contributed by atoms with van der Waals surface area (Å²) in [7, 11) is 0. The molecule has 2 nitrogen and oxygen atoms in total. The van der Waals surface area contributed by atoms with Gasteiger partial charge in [0.25, 0.3) is 5.56 Å². The van der Waals surface area contributed by atoms with E-state index >= 15 is 0 Å². The third kappa shape index (κ3) is 3.90. The van der Waals surface area contributed by atoms with Crippen LogP contribution in [0.1, 0.15) is 30.9 Å². The number of nitrogens with zero attached hydrogens (tertiary/aromatic N) is 1. The van der Waals surface area contributed by atoms with Crippen molar-refractivity contribution in [3.8, 4) is 11.1 Å². The van der Waals surface area contributed by atoms with Crippen molar-refractivity contribution in [3.05, 3.63) is 92.6 Å². The van der Waals surface area contributed by atoms with Crippen LogP contribution in [0.2, 0.25) is 0 Å². The monoisotopic (exact) mass is 399 g/mol. The molecular formula is C21H19BrFNO. The normalized spacial score (nSPS) is 11.1. The highest BCUT2D eigenvalue weighted by Crippen LogP contribution is 2.28. The Hall–Kier alpha value is -2.20. The molecule has 0 unspecified atom stereocenters. The lowest BCUT2D eigenvalue weighted by atomic mass is 9.98. The molecule has 3 rings (SSSR count). The van der Waals surface area contributed by atoms with Gasteiger partial charge in [-0.2, -0.15) is 0 Å². The largest absolute Gasteiger partial charge is 0.310 e. The lowest BCUT2D eigenvalue weighted by Crippen LogP contribution is -2.21. The van der Waals surface area contributed by atoms with Gasteiger partial charge in [-0.3, -0.25) is 4.79 Å². The fraction of sp³-hybridized carbons (Fsp3) is 0.190. The standard InChI is InChI=1S/C21H19BrFNO/c1-14(2)16-6-4-7-17(12-16)19-9-10-24(21(25)20(19)22)13-15-5-3-8-18(23)11-15/h3-12,14H,13H2,1-2H3. The number of hydrogen-bond donors (Lipinski definition) is 0. The van der Waals surface area contributed by atoms with E-state index in [2.05, 4.69) is 41.9 Å². The predicted octanol–water partition coefficient (Wildman–Crippen LogP) is 5.59. The fourth-order valence-electron chi connectivity index (χ4n) is 2.79. The second-order valence-electron chi connectivity index (χ2n) is 6.39. The molecule has 128 valence electrons. The molecule has 25 heavy (non-hydrogen) atoms. The molecule has 0 saturated heterocycles. The minimum absolute atomic E-state index is 0.128. The average molecular weight is 400 g/mol. The minimum Gasteiger partial charge on any atom is -0.310 e. The Labute approximate surface area is 155 Å². The van der Waals surface area contributed by atoms with Gasteiger partial charge in [0.1, 0.15) is 5.82 Å². The number of pyridine rings is 1. The van der Waals surface area contributed by atoms with Crippen LogP contribution in [-0.4, -0.2) is 4.57 Å². The van der Waals surface area contributed by atoms with E-state index in [1.165, 1.54) is 17.7 Å². The number of benzene rings is 2. The summed E-state index contributed by atoms with van der Waals surface area (Å²) < 4.78 is 15.4. The summed E-state index contributed by atoms with van der Waals surface area (Å²) in [5.74, 6) is 0.124. The SMILES string of the molecule is CC(C)c1cccc(-c2ccn(Cc3cccc(F)c3)c(=O)c2Br)c1. The van der Waals surface area contributed by atoms with Gasteiger partial charge >= 0.3 is 0 Å². The summed E-state index contributed by atoms with van der Waals surface area (Å²) in [5, 5.41) is 0. The molecule has 0 atom stereocenters. The van der Waals surface area contributed by atoms with Gasteiger partial charge in [-0.1, -0.05) is 50.2 Å². The van der Waals surface area contributed by atoms with E-state index in [1.807, 2.05) is 24.3 Å². The first-order chi connectivity index (χ1) is 12.0. The van der Waals surface area contributed by atoms with Crippen LogP contribution in [0.5, 0.6) is 0 Å². The van der Waals surface area contributed by atoms with Crippen LogP contribution in [0, 0.1) is 5.82 Å². The molecule has 0 aliphatic heterocycles. The van der Waals surface area contributed by atoms with Gasteiger partial charge in [-0.25, -0.2) is 4.39 Å². The zero-order valence-electron chi connectivity index (χ0n) is 14.2. The molecule has 1 aromatic heterocycles. The van der Waals surface area contributed by atoms with Gasteiger partial charge in [0.15, 0.2) is 0 Å². The maximum atomic E-state index is 13.3. The van der Waals surface area contributed by atoms with Crippen LogP contribution in [0.15, 0.2) is 70.1 Å². The van der Waals surface area contributed by atoms with E-state index in [0.29, 0.717) is 16.9 Å². The topological polar surface area (TPSA) is 22.0 Å². The molecule has 2 aromatic carbocycles. The van der Waals surface area contributed by atoms with Crippen molar-refractivity contribution in [1.82, 2.24) is 4.57 Å². The molecule has 0 fully saturated rings. The Kier molecular flexibility index (Phi) is 5.19. The molecule has 0 aliphatic rings. The van der Waals surface area contributed by atoms with Gasteiger partial charge < -0.3 is 4.57 Å². The Morgan fingerprint density at radius 2 is 1.84 bits per heavy atom. The summed E-state index contributed by atoms with van der Waals surface area (Å²) in [6.45, 7) is 4.62. The molecule has 0 spiro atoms. The molecule has 0 radical (unpaired) electrons. The summed E-state index contributed by atoms with van der Waals surface area (Å²) in [5.41, 5.74) is 3.73. The van der Waals surface area contributed by atoms with E-state index in [9.17, 15) is 9.18 Å². The number of rotatable bonds is 4. The second-order valence-corrected chi connectivity index (χ2v) is 7.18.